The first kappa shape index (κ1) is 31.0. The number of carbonyl (C=O) groups is 6. The average molecular weight is 522 g/mol. The van der Waals surface area contributed by atoms with Gasteiger partial charge in [0.15, 0.2) is 0 Å². The molecular weight excluding hydrogens is 486 g/mol. The second-order valence-corrected chi connectivity index (χ2v) is 8.73. The number of rotatable bonds is 16. The van der Waals surface area contributed by atoms with Gasteiger partial charge in [-0.05, 0) is 17.9 Å². The Morgan fingerprint density at radius 3 is 1.97 bits per heavy atom. The van der Waals surface area contributed by atoms with Crippen molar-refractivity contribution in [2.24, 2.45) is 17.4 Å². The van der Waals surface area contributed by atoms with Crippen LogP contribution in [0.2, 0.25) is 0 Å². The van der Waals surface area contributed by atoms with Gasteiger partial charge in [0.1, 0.15) is 18.1 Å². The first-order valence-corrected chi connectivity index (χ1v) is 11.8. The van der Waals surface area contributed by atoms with Gasteiger partial charge in [-0.25, -0.2) is 4.79 Å². The van der Waals surface area contributed by atoms with Gasteiger partial charge in [0.05, 0.1) is 12.5 Å². The minimum absolute atomic E-state index is 0.0209. The lowest BCUT2D eigenvalue weighted by atomic mass is 9.98. The normalized spacial score (nSPS) is 14.8. The molecule has 5 atom stereocenters. The standard InChI is InChI=1S/C24H35N5O8/c1-3-13(2)20(24(36)37)29-23(35)17(12-19(31)32)28-22(34)16(11-14-7-5-4-6-8-14)27-21(33)15(25)9-10-18(26)30/h4-8,13,15-17,20H,3,9-12,25H2,1-2H3,(H2,26,30)(H,27,33)(H,28,34)(H,29,35)(H,31,32)(H,36,37). The Morgan fingerprint density at radius 2 is 1.46 bits per heavy atom. The van der Waals surface area contributed by atoms with Crippen molar-refractivity contribution in [3.8, 4) is 0 Å². The molecular formula is C24H35N5O8. The monoisotopic (exact) mass is 521 g/mol. The van der Waals surface area contributed by atoms with Gasteiger partial charge >= 0.3 is 11.9 Å². The second-order valence-electron chi connectivity index (χ2n) is 8.73. The van der Waals surface area contributed by atoms with Crippen molar-refractivity contribution in [1.82, 2.24) is 16.0 Å². The number of aliphatic carboxylic acids is 2. The minimum atomic E-state index is -1.62. The first-order chi connectivity index (χ1) is 17.3. The van der Waals surface area contributed by atoms with E-state index >= 15 is 0 Å². The molecule has 1 rings (SSSR count). The van der Waals surface area contributed by atoms with Gasteiger partial charge < -0.3 is 37.6 Å². The van der Waals surface area contributed by atoms with Crippen LogP contribution in [0.15, 0.2) is 30.3 Å². The lowest BCUT2D eigenvalue weighted by Crippen LogP contribution is -2.58. The van der Waals surface area contributed by atoms with E-state index in [1.807, 2.05) is 0 Å². The van der Waals surface area contributed by atoms with E-state index in [0.29, 0.717) is 12.0 Å². The zero-order valence-corrected chi connectivity index (χ0v) is 20.8. The van der Waals surface area contributed by atoms with E-state index in [2.05, 4.69) is 16.0 Å². The molecule has 9 N–H and O–H groups in total. The van der Waals surface area contributed by atoms with Crippen LogP contribution in [0, 0.1) is 5.92 Å². The Kier molecular flexibility index (Phi) is 12.7. The highest BCUT2D eigenvalue weighted by Crippen LogP contribution is 2.10. The summed E-state index contributed by atoms with van der Waals surface area (Å²) < 4.78 is 0. The average Bonchev–Trinajstić information content (AvgIpc) is 2.84. The summed E-state index contributed by atoms with van der Waals surface area (Å²) in [6.07, 6.45) is -0.626. The maximum Gasteiger partial charge on any atom is 0.326 e. The largest absolute Gasteiger partial charge is 0.481 e. The maximum atomic E-state index is 13.1. The topological polar surface area (TPSA) is 231 Å². The fourth-order valence-corrected chi connectivity index (χ4v) is 3.36. The van der Waals surface area contributed by atoms with Crippen molar-refractivity contribution in [1.29, 1.82) is 0 Å². The minimum Gasteiger partial charge on any atom is -0.481 e. The Bertz CT molecular complexity index is 971. The molecule has 0 radical (unpaired) electrons. The molecule has 0 saturated heterocycles. The number of benzene rings is 1. The number of primary amides is 1. The predicted molar refractivity (Wildman–Crippen MR) is 132 cm³/mol. The number of carboxylic acids is 2. The number of carbonyl (C=O) groups excluding carboxylic acids is 4. The maximum absolute atomic E-state index is 13.1. The molecule has 0 bridgehead atoms. The van der Waals surface area contributed by atoms with E-state index in [1.165, 1.54) is 0 Å². The lowest BCUT2D eigenvalue weighted by molar-refractivity contribution is -0.144. The molecule has 37 heavy (non-hydrogen) atoms. The summed E-state index contributed by atoms with van der Waals surface area (Å²) in [5.41, 5.74) is 11.5. The third-order valence-electron chi connectivity index (χ3n) is 5.74. The summed E-state index contributed by atoms with van der Waals surface area (Å²) in [5.74, 6) is -6.45. The molecule has 0 aliphatic heterocycles. The number of nitrogens with one attached hydrogen (secondary N) is 3. The summed E-state index contributed by atoms with van der Waals surface area (Å²) in [7, 11) is 0. The zero-order chi connectivity index (χ0) is 28.1. The summed E-state index contributed by atoms with van der Waals surface area (Å²) in [6, 6.07) is 3.25. The van der Waals surface area contributed by atoms with Gasteiger partial charge in [0.2, 0.25) is 23.6 Å². The highest BCUT2D eigenvalue weighted by Gasteiger charge is 2.33. The fraction of sp³-hybridized carbons (Fsp3) is 0.500. The molecule has 0 saturated carbocycles. The van der Waals surface area contributed by atoms with Crippen LogP contribution >= 0.6 is 0 Å². The van der Waals surface area contributed by atoms with E-state index in [4.69, 9.17) is 11.5 Å². The van der Waals surface area contributed by atoms with E-state index in [9.17, 15) is 39.0 Å². The van der Waals surface area contributed by atoms with Crippen molar-refractivity contribution >= 4 is 35.6 Å². The van der Waals surface area contributed by atoms with E-state index in [0.717, 1.165) is 0 Å². The molecule has 0 aliphatic carbocycles. The zero-order valence-electron chi connectivity index (χ0n) is 20.8. The molecule has 0 aromatic heterocycles. The fourth-order valence-electron chi connectivity index (χ4n) is 3.36. The Labute approximate surface area is 214 Å². The molecule has 0 fully saturated rings. The van der Waals surface area contributed by atoms with Crippen molar-refractivity contribution in [2.75, 3.05) is 0 Å². The Balaban J connectivity index is 3.12. The number of nitrogens with two attached hydrogens (primary N) is 2. The quantitative estimate of drug-likeness (QED) is 0.139. The summed E-state index contributed by atoms with van der Waals surface area (Å²) in [4.78, 5) is 72.5. The molecule has 4 amide bonds. The van der Waals surface area contributed by atoms with Crippen LogP contribution in [0.5, 0.6) is 0 Å². The Hall–Kier alpha value is -4.00. The highest BCUT2D eigenvalue weighted by molar-refractivity contribution is 5.95. The highest BCUT2D eigenvalue weighted by atomic mass is 16.4. The Morgan fingerprint density at radius 1 is 0.892 bits per heavy atom. The molecule has 0 heterocycles. The number of amides is 4. The summed E-state index contributed by atoms with van der Waals surface area (Å²) in [5, 5.41) is 25.8. The van der Waals surface area contributed by atoms with Gasteiger partial charge in [-0.2, -0.15) is 0 Å². The molecule has 204 valence electrons. The van der Waals surface area contributed by atoms with Gasteiger partial charge in [0.25, 0.3) is 0 Å². The number of hydrogen-bond acceptors (Lipinski definition) is 7. The van der Waals surface area contributed by atoms with Gasteiger partial charge in [-0.15, -0.1) is 0 Å². The van der Waals surface area contributed by atoms with Crippen molar-refractivity contribution in [3.05, 3.63) is 35.9 Å². The second kappa shape index (κ2) is 15.2. The number of hydrogen-bond donors (Lipinski definition) is 7. The predicted octanol–water partition coefficient (Wildman–Crippen LogP) is -1.12. The molecule has 13 heteroatoms. The van der Waals surface area contributed by atoms with Gasteiger partial charge in [-0.3, -0.25) is 24.0 Å². The SMILES string of the molecule is CCC(C)C(NC(=O)C(CC(=O)O)NC(=O)C(Cc1ccccc1)NC(=O)C(N)CCC(N)=O)C(=O)O. The molecule has 1 aromatic carbocycles. The van der Waals surface area contributed by atoms with Gasteiger partial charge in [-0.1, -0.05) is 50.6 Å². The van der Waals surface area contributed by atoms with Crippen LogP contribution in [-0.4, -0.2) is 69.9 Å². The van der Waals surface area contributed by atoms with Crippen molar-refractivity contribution in [3.63, 3.8) is 0 Å². The van der Waals surface area contributed by atoms with E-state index in [-0.39, 0.29) is 19.3 Å². The third kappa shape index (κ3) is 11.1. The molecule has 0 spiro atoms. The van der Waals surface area contributed by atoms with Crippen LogP contribution in [0.1, 0.15) is 45.1 Å². The van der Waals surface area contributed by atoms with Crippen LogP contribution in [-0.2, 0) is 35.2 Å². The van der Waals surface area contributed by atoms with Gasteiger partial charge in [0, 0.05) is 12.8 Å². The molecule has 0 aliphatic rings. The third-order valence-corrected chi connectivity index (χ3v) is 5.74. The van der Waals surface area contributed by atoms with Crippen LogP contribution in [0.4, 0.5) is 0 Å². The van der Waals surface area contributed by atoms with Crippen LogP contribution < -0.4 is 27.4 Å². The molecule has 1 aromatic rings. The summed E-state index contributed by atoms with van der Waals surface area (Å²) in [6.45, 7) is 3.34. The molecule has 13 nitrogen and oxygen atoms in total. The smallest absolute Gasteiger partial charge is 0.326 e. The van der Waals surface area contributed by atoms with Crippen LogP contribution in [0.3, 0.4) is 0 Å². The lowest BCUT2D eigenvalue weighted by Gasteiger charge is -2.26. The van der Waals surface area contributed by atoms with E-state index < -0.39 is 72.1 Å². The van der Waals surface area contributed by atoms with Crippen molar-refractivity contribution < 1.29 is 39.0 Å². The van der Waals surface area contributed by atoms with Crippen LogP contribution in [0.25, 0.3) is 0 Å². The molecule has 5 unspecified atom stereocenters. The number of carboxylic acid groups (broad SMARTS) is 2. The van der Waals surface area contributed by atoms with E-state index in [1.54, 1.807) is 44.2 Å². The van der Waals surface area contributed by atoms with Crippen molar-refractivity contribution in [2.45, 2.75) is 70.1 Å². The first-order valence-electron chi connectivity index (χ1n) is 11.8. The summed E-state index contributed by atoms with van der Waals surface area (Å²) >= 11 is 0.